The number of anilines is 1. The molecule has 2 atom stereocenters. The number of pyridine rings is 2. The summed E-state index contributed by atoms with van der Waals surface area (Å²) in [5.41, 5.74) is 7.72. The second-order valence-corrected chi connectivity index (χ2v) is 11.6. The van der Waals surface area contributed by atoms with Gasteiger partial charge in [-0.3, -0.25) is 24.0 Å². The number of ether oxygens (including phenoxy) is 1. The van der Waals surface area contributed by atoms with Crippen molar-refractivity contribution in [3.8, 4) is 5.75 Å². The van der Waals surface area contributed by atoms with Gasteiger partial charge in [0, 0.05) is 37.1 Å². The Morgan fingerprint density at radius 1 is 1.06 bits per heavy atom. The van der Waals surface area contributed by atoms with Crippen LogP contribution in [0.2, 0.25) is 0 Å². The van der Waals surface area contributed by atoms with Crippen molar-refractivity contribution in [2.75, 3.05) is 25.0 Å². The van der Waals surface area contributed by atoms with Crippen LogP contribution in [0.25, 0.3) is 11.0 Å². The molecule has 2 aromatic heterocycles. The van der Waals surface area contributed by atoms with Crippen LogP contribution in [-0.2, 0) is 22.6 Å². The number of amides is 4. The number of hydrogen-bond donors (Lipinski definition) is 5. The van der Waals surface area contributed by atoms with Gasteiger partial charge in [0.1, 0.15) is 29.6 Å². The SMILES string of the molecule is CCn1cc(C(=O)Nc2ccc3c(c2)C(=O)NCCC(=O)N[C@H](CCN)C(=O)N[C@H](Cc2ccccc2)CO3)c(=O)c2ccc(C)nc21. The highest BCUT2D eigenvalue weighted by molar-refractivity contribution is 6.06. The number of carbonyl (C=O) groups is 4. The second kappa shape index (κ2) is 15.4. The molecule has 0 bridgehead atoms. The molecule has 13 nitrogen and oxygen atoms in total. The molecule has 1 aliphatic heterocycles. The lowest BCUT2D eigenvalue weighted by Gasteiger charge is -2.25. The zero-order valence-electron chi connectivity index (χ0n) is 26.9. The second-order valence-electron chi connectivity index (χ2n) is 11.6. The minimum absolute atomic E-state index is 0.00291. The Kier molecular flexibility index (Phi) is 10.8. The molecule has 0 fully saturated rings. The first kappa shape index (κ1) is 33.8. The van der Waals surface area contributed by atoms with Crippen LogP contribution in [0.1, 0.15) is 51.7 Å². The fourth-order valence-corrected chi connectivity index (χ4v) is 5.50. The van der Waals surface area contributed by atoms with E-state index in [9.17, 15) is 24.0 Å². The van der Waals surface area contributed by atoms with Crippen molar-refractivity contribution < 1.29 is 23.9 Å². The van der Waals surface area contributed by atoms with Crippen LogP contribution < -0.4 is 37.2 Å². The lowest BCUT2D eigenvalue weighted by Crippen LogP contribution is -2.52. The van der Waals surface area contributed by atoms with E-state index in [1.807, 2.05) is 44.2 Å². The molecule has 2 aromatic carbocycles. The minimum atomic E-state index is -0.845. The van der Waals surface area contributed by atoms with Crippen LogP contribution in [0.5, 0.6) is 5.75 Å². The van der Waals surface area contributed by atoms with Crippen molar-refractivity contribution in [3.05, 3.63) is 99.5 Å². The highest BCUT2D eigenvalue weighted by Crippen LogP contribution is 2.24. The number of nitrogens with one attached hydrogen (secondary N) is 4. The van der Waals surface area contributed by atoms with Crippen molar-refractivity contribution in [2.45, 2.75) is 51.7 Å². The molecule has 4 amide bonds. The fraction of sp³-hybridized carbons (Fsp3) is 0.314. The lowest BCUT2D eigenvalue weighted by molar-refractivity contribution is -0.129. The van der Waals surface area contributed by atoms with E-state index >= 15 is 0 Å². The molecule has 0 radical (unpaired) electrons. The number of rotatable bonds is 7. The maximum Gasteiger partial charge on any atom is 0.261 e. The van der Waals surface area contributed by atoms with Crippen LogP contribution in [0.4, 0.5) is 5.69 Å². The van der Waals surface area contributed by atoms with E-state index in [1.54, 1.807) is 28.8 Å². The topological polar surface area (TPSA) is 187 Å². The van der Waals surface area contributed by atoms with Crippen molar-refractivity contribution in [3.63, 3.8) is 0 Å². The number of benzene rings is 2. The quantitative estimate of drug-likeness (QED) is 0.201. The summed E-state index contributed by atoms with van der Waals surface area (Å²) >= 11 is 0. The monoisotopic (exact) mass is 653 g/mol. The van der Waals surface area contributed by atoms with Gasteiger partial charge in [-0.2, -0.15) is 0 Å². The van der Waals surface area contributed by atoms with Crippen LogP contribution in [0, 0.1) is 6.92 Å². The van der Waals surface area contributed by atoms with Crippen molar-refractivity contribution in [1.82, 2.24) is 25.5 Å². The molecule has 0 unspecified atom stereocenters. The first-order valence-electron chi connectivity index (χ1n) is 15.9. The van der Waals surface area contributed by atoms with Gasteiger partial charge in [0.05, 0.1) is 17.0 Å². The molecule has 0 aliphatic carbocycles. The molecule has 0 spiro atoms. The molecule has 48 heavy (non-hydrogen) atoms. The van der Waals surface area contributed by atoms with E-state index < -0.39 is 35.2 Å². The molecule has 13 heteroatoms. The Balaban J connectivity index is 1.44. The van der Waals surface area contributed by atoms with Gasteiger partial charge in [-0.1, -0.05) is 30.3 Å². The van der Waals surface area contributed by atoms with Gasteiger partial charge >= 0.3 is 0 Å². The minimum Gasteiger partial charge on any atom is -0.491 e. The third-order valence-corrected chi connectivity index (χ3v) is 7.98. The zero-order valence-corrected chi connectivity index (χ0v) is 26.9. The maximum atomic E-state index is 13.4. The predicted octanol–water partition coefficient (Wildman–Crippen LogP) is 2.05. The number of nitrogens with two attached hydrogens (primary N) is 1. The summed E-state index contributed by atoms with van der Waals surface area (Å²) in [6.07, 6.45) is 2.05. The summed E-state index contributed by atoms with van der Waals surface area (Å²) in [7, 11) is 0. The Bertz CT molecular complexity index is 1890. The normalized spacial score (nSPS) is 17.3. The Morgan fingerprint density at radius 2 is 1.85 bits per heavy atom. The summed E-state index contributed by atoms with van der Waals surface area (Å²) < 4.78 is 7.88. The average molecular weight is 654 g/mol. The van der Waals surface area contributed by atoms with E-state index in [2.05, 4.69) is 26.3 Å². The number of hydrogen-bond acceptors (Lipinski definition) is 8. The summed E-state index contributed by atoms with van der Waals surface area (Å²) in [4.78, 5) is 70.6. The van der Waals surface area contributed by atoms with Crippen LogP contribution >= 0.6 is 0 Å². The third-order valence-electron chi connectivity index (χ3n) is 7.98. The van der Waals surface area contributed by atoms with Crippen LogP contribution in [0.15, 0.2) is 71.7 Å². The van der Waals surface area contributed by atoms with Gasteiger partial charge in [0.2, 0.25) is 17.2 Å². The molecule has 3 heterocycles. The van der Waals surface area contributed by atoms with Gasteiger partial charge in [0.25, 0.3) is 11.8 Å². The van der Waals surface area contributed by atoms with E-state index in [1.165, 1.54) is 12.3 Å². The van der Waals surface area contributed by atoms with Crippen LogP contribution in [-0.4, -0.2) is 65.0 Å². The predicted molar refractivity (Wildman–Crippen MR) is 181 cm³/mol. The molecule has 0 saturated heterocycles. The summed E-state index contributed by atoms with van der Waals surface area (Å²) in [5.74, 6) is -1.79. The fourth-order valence-electron chi connectivity index (χ4n) is 5.50. The molecule has 5 rings (SSSR count). The van der Waals surface area contributed by atoms with E-state index in [0.29, 0.717) is 24.0 Å². The highest BCUT2D eigenvalue weighted by atomic mass is 16.5. The van der Waals surface area contributed by atoms with Crippen molar-refractivity contribution in [1.29, 1.82) is 0 Å². The molecule has 0 saturated carbocycles. The van der Waals surface area contributed by atoms with Gasteiger partial charge in [-0.05, 0) is 69.1 Å². The molecule has 4 aromatic rings. The van der Waals surface area contributed by atoms with Gasteiger partial charge in [-0.15, -0.1) is 0 Å². The smallest absolute Gasteiger partial charge is 0.261 e. The Labute approximate surface area is 277 Å². The molecule has 1 aliphatic rings. The molecule has 250 valence electrons. The molecular weight excluding hydrogens is 614 g/mol. The number of aromatic nitrogens is 2. The van der Waals surface area contributed by atoms with E-state index in [4.69, 9.17) is 10.5 Å². The first-order valence-corrected chi connectivity index (χ1v) is 15.9. The summed E-state index contributed by atoms with van der Waals surface area (Å²) in [6, 6.07) is 16.1. The third kappa shape index (κ3) is 8.04. The standard InChI is InChI=1S/C35H39N7O6/c1-3-42-19-27(31(44)25-11-9-21(2)38-32(25)42)34(46)39-23-10-12-29-26(18-23)33(45)37-16-14-30(43)41-28(13-15-36)35(47)40-24(20-48-29)17-22-7-5-4-6-8-22/h4-12,18-19,24,28H,3,13-17,20,36H2,1-2H3,(H,37,45)(H,39,46)(H,40,47)(H,41,43)/t24-,28-/m1/s1. The molecular formula is C35H39N7O6. The average Bonchev–Trinajstić information content (AvgIpc) is 3.07. The maximum absolute atomic E-state index is 13.4. The lowest BCUT2D eigenvalue weighted by atomic mass is 10.1. The van der Waals surface area contributed by atoms with Gasteiger partial charge < -0.3 is 36.3 Å². The highest BCUT2D eigenvalue weighted by Gasteiger charge is 2.25. The summed E-state index contributed by atoms with van der Waals surface area (Å²) in [6.45, 7) is 4.37. The Morgan fingerprint density at radius 3 is 2.60 bits per heavy atom. The van der Waals surface area contributed by atoms with E-state index in [0.717, 1.165) is 11.3 Å². The van der Waals surface area contributed by atoms with Crippen LogP contribution in [0.3, 0.4) is 0 Å². The number of carbonyl (C=O) groups excluding carboxylic acids is 4. The largest absolute Gasteiger partial charge is 0.491 e. The summed E-state index contributed by atoms with van der Waals surface area (Å²) in [5, 5.41) is 11.5. The first-order chi connectivity index (χ1) is 23.2. The van der Waals surface area contributed by atoms with Gasteiger partial charge in [-0.25, -0.2) is 4.98 Å². The zero-order chi connectivity index (χ0) is 34.2. The van der Waals surface area contributed by atoms with Crippen molar-refractivity contribution >= 4 is 40.3 Å². The number of aryl methyl sites for hydroxylation is 2. The number of nitrogens with zero attached hydrogens (tertiary/aromatic N) is 2. The van der Waals surface area contributed by atoms with Crippen molar-refractivity contribution in [2.24, 2.45) is 5.73 Å². The van der Waals surface area contributed by atoms with Gasteiger partial charge in [0.15, 0.2) is 0 Å². The number of fused-ring (bicyclic) bond motifs is 2. The Hall–Kier alpha value is -5.56. The molecule has 6 N–H and O–H groups in total. The van der Waals surface area contributed by atoms with E-state index in [-0.39, 0.29) is 61.0 Å².